The van der Waals surface area contributed by atoms with Gasteiger partial charge in [0.05, 0.1) is 0 Å². The summed E-state index contributed by atoms with van der Waals surface area (Å²) in [4.78, 5) is 0. The van der Waals surface area contributed by atoms with Crippen molar-refractivity contribution in [2.24, 2.45) is 0 Å². The number of hydrogen-bond acceptors (Lipinski definition) is 0. The van der Waals surface area contributed by atoms with Gasteiger partial charge in [0.25, 0.3) is 0 Å². The fourth-order valence-electron chi connectivity index (χ4n) is 1.40. The highest BCUT2D eigenvalue weighted by Gasteiger charge is 1.95. The molecule has 0 saturated heterocycles. The largest absolute Gasteiger partial charge is 0.0616 e. The maximum Gasteiger partial charge on any atom is 0.0247 e. The molecule has 16 heavy (non-hydrogen) atoms. The van der Waals surface area contributed by atoms with Crippen molar-refractivity contribution in [3.63, 3.8) is 0 Å². The molecule has 0 N–H and O–H groups in total. The van der Waals surface area contributed by atoms with Gasteiger partial charge in [0.2, 0.25) is 0 Å². The third-order valence-corrected chi connectivity index (χ3v) is 3.70. The van der Waals surface area contributed by atoms with Gasteiger partial charge in [-0.3, -0.25) is 0 Å². The van der Waals surface area contributed by atoms with Gasteiger partial charge in [-0.1, -0.05) is 80.4 Å². The molecule has 0 radical (unpaired) electrons. The number of benzene rings is 2. The molecular formula is C14H10Br2. The third kappa shape index (κ3) is 2.83. The lowest BCUT2D eigenvalue weighted by Gasteiger charge is -1.99. The van der Waals surface area contributed by atoms with Crippen molar-refractivity contribution in [2.45, 2.75) is 0 Å². The third-order valence-electron chi connectivity index (χ3n) is 2.25. The van der Waals surface area contributed by atoms with Crippen LogP contribution < -0.4 is 0 Å². The Kier molecular flexibility index (Phi) is 3.97. The predicted molar refractivity (Wildman–Crippen MR) is 77.2 cm³/mol. The predicted octanol–water partition coefficient (Wildman–Crippen LogP) is 5.38. The van der Waals surface area contributed by atoms with E-state index in [0.29, 0.717) is 0 Å². The Labute approximate surface area is 112 Å². The summed E-state index contributed by atoms with van der Waals surface area (Å²) < 4.78 is 2.22. The zero-order valence-electron chi connectivity index (χ0n) is 8.53. The molecule has 0 aromatic heterocycles. The zero-order chi connectivity index (χ0) is 11.4. The summed E-state index contributed by atoms with van der Waals surface area (Å²) in [5, 5.41) is 0. The van der Waals surface area contributed by atoms with Gasteiger partial charge in [-0.15, -0.1) is 0 Å². The molecule has 0 aliphatic carbocycles. The van der Waals surface area contributed by atoms with Gasteiger partial charge in [-0.05, 0) is 23.3 Å². The van der Waals surface area contributed by atoms with E-state index in [0.717, 1.165) is 8.95 Å². The van der Waals surface area contributed by atoms with Crippen molar-refractivity contribution in [1.82, 2.24) is 0 Å². The van der Waals surface area contributed by atoms with Gasteiger partial charge in [0, 0.05) is 8.95 Å². The maximum absolute atomic E-state index is 3.53. The summed E-state index contributed by atoms with van der Waals surface area (Å²) in [6.45, 7) is 0. The van der Waals surface area contributed by atoms with Crippen LogP contribution in [0.25, 0.3) is 12.2 Å². The highest BCUT2D eigenvalue weighted by molar-refractivity contribution is 9.10. The summed E-state index contributed by atoms with van der Waals surface area (Å²) in [7, 11) is 0. The smallest absolute Gasteiger partial charge is 0.0247 e. The van der Waals surface area contributed by atoms with E-state index in [1.54, 1.807) is 0 Å². The first kappa shape index (κ1) is 11.6. The highest BCUT2D eigenvalue weighted by Crippen LogP contribution is 2.21. The van der Waals surface area contributed by atoms with Gasteiger partial charge in [-0.25, -0.2) is 0 Å². The van der Waals surface area contributed by atoms with Crippen LogP contribution in [0.1, 0.15) is 11.1 Å². The molecule has 0 fully saturated rings. The van der Waals surface area contributed by atoms with E-state index >= 15 is 0 Å². The highest BCUT2D eigenvalue weighted by atomic mass is 79.9. The Balaban J connectivity index is 2.29. The van der Waals surface area contributed by atoms with Crippen molar-refractivity contribution >= 4 is 44.0 Å². The molecule has 0 spiro atoms. The quantitative estimate of drug-likeness (QED) is 0.645. The van der Waals surface area contributed by atoms with Crippen LogP contribution in [-0.4, -0.2) is 0 Å². The summed E-state index contributed by atoms with van der Waals surface area (Å²) in [6, 6.07) is 16.3. The average molecular weight is 338 g/mol. The number of hydrogen-bond donors (Lipinski definition) is 0. The van der Waals surface area contributed by atoms with E-state index in [1.165, 1.54) is 11.1 Å². The minimum absolute atomic E-state index is 1.11. The fourth-order valence-corrected chi connectivity index (χ4v) is 2.23. The molecule has 0 nitrogen and oxygen atoms in total. The molecule has 0 amide bonds. The second kappa shape index (κ2) is 5.46. The monoisotopic (exact) mass is 336 g/mol. The van der Waals surface area contributed by atoms with Crippen molar-refractivity contribution < 1.29 is 0 Å². The minimum Gasteiger partial charge on any atom is -0.0616 e. The number of halogens is 2. The summed E-state index contributed by atoms with van der Waals surface area (Å²) in [6.07, 6.45) is 4.20. The summed E-state index contributed by atoms with van der Waals surface area (Å²) in [5.74, 6) is 0. The molecule has 0 bridgehead atoms. The van der Waals surface area contributed by atoms with Gasteiger partial charge in [-0.2, -0.15) is 0 Å². The van der Waals surface area contributed by atoms with Crippen LogP contribution in [0.2, 0.25) is 0 Å². The molecule has 2 aromatic carbocycles. The van der Waals surface area contributed by atoms with Crippen LogP contribution >= 0.6 is 31.9 Å². The van der Waals surface area contributed by atoms with Crippen LogP contribution in [0, 0.1) is 0 Å². The lowest BCUT2D eigenvalue weighted by molar-refractivity contribution is 1.59. The molecule has 0 unspecified atom stereocenters. The summed E-state index contributed by atoms with van der Waals surface area (Å²) >= 11 is 7.05. The Morgan fingerprint density at radius 1 is 0.625 bits per heavy atom. The van der Waals surface area contributed by atoms with Crippen LogP contribution in [0.5, 0.6) is 0 Å². The molecule has 2 heteroatoms. The molecule has 0 saturated carbocycles. The minimum atomic E-state index is 1.11. The average Bonchev–Trinajstić information content (AvgIpc) is 2.30. The van der Waals surface area contributed by atoms with E-state index in [9.17, 15) is 0 Å². The topological polar surface area (TPSA) is 0 Å². The van der Waals surface area contributed by atoms with E-state index in [-0.39, 0.29) is 0 Å². The second-order valence-electron chi connectivity index (χ2n) is 3.38. The molecule has 0 heterocycles. The van der Waals surface area contributed by atoms with Gasteiger partial charge in [0.1, 0.15) is 0 Å². The van der Waals surface area contributed by atoms with Crippen molar-refractivity contribution in [1.29, 1.82) is 0 Å². The van der Waals surface area contributed by atoms with Crippen LogP contribution in [0.4, 0.5) is 0 Å². The first-order chi connectivity index (χ1) is 7.77. The molecular weight excluding hydrogens is 328 g/mol. The van der Waals surface area contributed by atoms with Gasteiger partial charge >= 0.3 is 0 Å². The number of rotatable bonds is 2. The Morgan fingerprint density at radius 2 is 1.00 bits per heavy atom. The van der Waals surface area contributed by atoms with E-state index < -0.39 is 0 Å². The normalized spacial score (nSPS) is 10.9. The van der Waals surface area contributed by atoms with Crippen LogP contribution in [0.3, 0.4) is 0 Å². The fraction of sp³-hybridized carbons (Fsp3) is 0. The van der Waals surface area contributed by atoms with Crippen molar-refractivity contribution in [3.8, 4) is 0 Å². The van der Waals surface area contributed by atoms with Gasteiger partial charge in [0.15, 0.2) is 0 Å². The van der Waals surface area contributed by atoms with Crippen molar-refractivity contribution in [2.75, 3.05) is 0 Å². The molecule has 0 aliphatic rings. The standard InChI is InChI=1S/C14H10Br2/c15-13-7-3-1-5-11(13)9-10-12-6-2-4-8-14(12)16/h1-10H/b10-9-. The van der Waals surface area contributed by atoms with Gasteiger partial charge < -0.3 is 0 Å². The van der Waals surface area contributed by atoms with Crippen LogP contribution in [-0.2, 0) is 0 Å². The molecule has 2 aromatic rings. The van der Waals surface area contributed by atoms with Crippen molar-refractivity contribution in [3.05, 3.63) is 68.6 Å². The molecule has 2 rings (SSSR count). The molecule has 0 aliphatic heterocycles. The second-order valence-corrected chi connectivity index (χ2v) is 5.09. The Hall–Kier alpha value is -0.860. The van der Waals surface area contributed by atoms with E-state index in [2.05, 4.69) is 56.1 Å². The SMILES string of the molecule is Brc1ccccc1/C=C\c1ccccc1Br. The molecule has 80 valence electrons. The lowest BCUT2D eigenvalue weighted by Crippen LogP contribution is -1.76. The maximum atomic E-state index is 3.53. The first-order valence-corrected chi connectivity index (χ1v) is 6.53. The summed E-state index contributed by atoms with van der Waals surface area (Å²) in [5.41, 5.74) is 2.36. The first-order valence-electron chi connectivity index (χ1n) is 4.94. The van der Waals surface area contributed by atoms with E-state index in [4.69, 9.17) is 0 Å². The van der Waals surface area contributed by atoms with Crippen LogP contribution in [0.15, 0.2) is 57.5 Å². The molecule has 0 atom stereocenters. The Morgan fingerprint density at radius 3 is 1.38 bits per heavy atom. The lowest BCUT2D eigenvalue weighted by atomic mass is 10.1. The zero-order valence-corrected chi connectivity index (χ0v) is 11.7. The van der Waals surface area contributed by atoms with E-state index in [1.807, 2.05) is 36.4 Å². The Bertz CT molecular complexity index is 468.